The zero-order valence-electron chi connectivity index (χ0n) is 25.7. The summed E-state index contributed by atoms with van der Waals surface area (Å²) >= 11 is 0. The molecule has 8 heteroatoms. The van der Waals surface area contributed by atoms with Gasteiger partial charge in [0.2, 0.25) is 11.8 Å². The number of carbonyl (C=O) groups is 2. The number of aromatic hydroxyl groups is 1. The summed E-state index contributed by atoms with van der Waals surface area (Å²) in [6, 6.07) is 16.9. The van der Waals surface area contributed by atoms with Crippen LogP contribution in [0.25, 0.3) is 6.08 Å². The molecule has 4 aliphatic rings. The van der Waals surface area contributed by atoms with Gasteiger partial charge in [-0.1, -0.05) is 74.6 Å². The van der Waals surface area contributed by atoms with Crippen molar-refractivity contribution in [1.29, 1.82) is 0 Å². The topological polar surface area (TPSA) is 96.3 Å². The van der Waals surface area contributed by atoms with Crippen LogP contribution in [-0.4, -0.2) is 52.7 Å². The average Bonchev–Trinajstić information content (AvgIpc) is 3.28. The van der Waals surface area contributed by atoms with Crippen molar-refractivity contribution in [2.24, 2.45) is 17.8 Å². The summed E-state index contributed by atoms with van der Waals surface area (Å²) in [6.07, 6.45) is 10.8. The first kappa shape index (κ1) is 30.7. The van der Waals surface area contributed by atoms with Gasteiger partial charge in [0, 0.05) is 6.04 Å². The molecular formula is C36H44BNO6. The Morgan fingerprint density at radius 3 is 2.57 bits per heavy atom. The monoisotopic (exact) mass is 597 g/mol. The zero-order valence-corrected chi connectivity index (χ0v) is 25.7. The quantitative estimate of drug-likeness (QED) is 0.183. The van der Waals surface area contributed by atoms with Crippen molar-refractivity contribution in [1.82, 2.24) is 4.90 Å². The van der Waals surface area contributed by atoms with Crippen molar-refractivity contribution < 1.29 is 29.1 Å². The van der Waals surface area contributed by atoms with Crippen LogP contribution in [0.15, 0.2) is 71.3 Å². The number of phenolic OH excluding ortho intramolecular Hbond substituents is 1. The maximum absolute atomic E-state index is 14.1. The standard InChI is InChI=1S/C36H44BNO6/c1-2-10-24(19-25-11-9-14-28(39)20-25)17-18-32-33-26(23-43-29-15-7-4-8-16-29)21-30-34(31(33)22-37(42)44-32)36(41)38(35(30)40)27-12-5-3-6-13-27/h4,7-9,11,14-16,19-20,27,30-32,34,39,42H,2-3,5-6,10,12-13,17-18,21-23H2,1H3/b24-19+/t30-,31+,32-,34-/m1/s1. The number of carbonyl (C=O) groups excluding carboxylic acids is 2. The van der Waals surface area contributed by atoms with Gasteiger partial charge in [-0.15, -0.1) is 0 Å². The molecule has 232 valence electrons. The molecule has 0 unspecified atom stereocenters. The van der Waals surface area contributed by atoms with Crippen molar-refractivity contribution in [3.05, 3.63) is 76.9 Å². The number of hydrogen-bond acceptors (Lipinski definition) is 6. The van der Waals surface area contributed by atoms with Gasteiger partial charge in [0.25, 0.3) is 0 Å². The van der Waals surface area contributed by atoms with E-state index in [0.717, 1.165) is 73.8 Å². The van der Waals surface area contributed by atoms with Crippen molar-refractivity contribution in [3.63, 3.8) is 0 Å². The number of ether oxygens (including phenoxy) is 1. The number of allylic oxidation sites excluding steroid dienone is 1. The van der Waals surface area contributed by atoms with Gasteiger partial charge in [0.05, 0.1) is 17.9 Å². The van der Waals surface area contributed by atoms with Crippen molar-refractivity contribution in [2.75, 3.05) is 6.61 Å². The second-order valence-corrected chi connectivity index (χ2v) is 12.9. The number of para-hydroxylation sites is 1. The van der Waals surface area contributed by atoms with Gasteiger partial charge < -0.3 is 19.5 Å². The Labute approximate surface area is 261 Å². The highest BCUT2D eigenvalue weighted by atomic mass is 16.5. The van der Waals surface area contributed by atoms with Crippen LogP contribution in [0.4, 0.5) is 0 Å². The predicted molar refractivity (Wildman–Crippen MR) is 171 cm³/mol. The van der Waals surface area contributed by atoms with Gasteiger partial charge in [0.15, 0.2) is 0 Å². The summed E-state index contributed by atoms with van der Waals surface area (Å²) in [5, 5.41) is 21.0. The molecular weight excluding hydrogens is 553 g/mol. The smallest absolute Gasteiger partial charge is 0.455 e. The first-order valence-electron chi connectivity index (χ1n) is 16.5. The Kier molecular flexibility index (Phi) is 9.57. The first-order chi connectivity index (χ1) is 21.4. The zero-order chi connectivity index (χ0) is 30.6. The minimum Gasteiger partial charge on any atom is -0.508 e. The Hall–Kier alpha value is -3.36. The molecule has 0 bridgehead atoms. The predicted octanol–water partition coefficient (Wildman–Crippen LogP) is 6.56. The maximum Gasteiger partial charge on any atom is 0.455 e. The van der Waals surface area contributed by atoms with Gasteiger partial charge >= 0.3 is 7.12 Å². The molecule has 6 rings (SSSR count). The summed E-state index contributed by atoms with van der Waals surface area (Å²) in [4.78, 5) is 29.6. The van der Waals surface area contributed by atoms with Crippen molar-refractivity contribution in [2.45, 2.75) is 89.6 Å². The second kappa shape index (κ2) is 13.7. The van der Waals surface area contributed by atoms with E-state index in [4.69, 9.17) is 9.39 Å². The minimum absolute atomic E-state index is 0.0125. The van der Waals surface area contributed by atoms with E-state index in [1.54, 1.807) is 17.0 Å². The number of benzene rings is 2. The van der Waals surface area contributed by atoms with Crippen LogP contribution in [0.3, 0.4) is 0 Å². The molecule has 4 atom stereocenters. The summed E-state index contributed by atoms with van der Waals surface area (Å²) in [6.45, 7) is 2.47. The molecule has 2 heterocycles. The van der Waals surface area contributed by atoms with E-state index in [0.29, 0.717) is 25.8 Å². The van der Waals surface area contributed by atoms with Gasteiger partial charge in [0.1, 0.15) is 18.1 Å². The number of phenols is 1. The Morgan fingerprint density at radius 2 is 1.82 bits per heavy atom. The van der Waals surface area contributed by atoms with Crippen LogP contribution in [0.5, 0.6) is 11.5 Å². The molecule has 2 N–H and O–H groups in total. The second-order valence-electron chi connectivity index (χ2n) is 12.9. The maximum atomic E-state index is 14.1. The van der Waals surface area contributed by atoms with E-state index in [1.165, 1.54) is 5.57 Å². The first-order valence-corrected chi connectivity index (χ1v) is 16.5. The van der Waals surface area contributed by atoms with Gasteiger partial charge in [-0.25, -0.2) is 0 Å². The summed E-state index contributed by atoms with van der Waals surface area (Å²) in [5.74, 6) is -0.241. The number of amides is 2. The highest BCUT2D eigenvalue weighted by Crippen LogP contribution is 2.51. The van der Waals surface area contributed by atoms with E-state index < -0.39 is 19.0 Å². The van der Waals surface area contributed by atoms with E-state index in [-0.39, 0.29) is 35.6 Å². The van der Waals surface area contributed by atoms with Gasteiger partial charge in [-0.05, 0) is 91.7 Å². The fraction of sp³-hybridized carbons (Fsp3) is 0.500. The van der Waals surface area contributed by atoms with E-state index in [1.807, 2.05) is 42.5 Å². The number of rotatable bonds is 10. The molecule has 2 aromatic carbocycles. The summed E-state index contributed by atoms with van der Waals surface area (Å²) < 4.78 is 12.5. The van der Waals surface area contributed by atoms with Crippen LogP contribution in [0, 0.1) is 17.8 Å². The largest absolute Gasteiger partial charge is 0.508 e. The Morgan fingerprint density at radius 1 is 1.02 bits per heavy atom. The molecule has 2 aromatic rings. The molecule has 44 heavy (non-hydrogen) atoms. The number of likely N-dealkylation sites (tertiary alicyclic amines) is 1. The number of hydrogen-bond donors (Lipinski definition) is 2. The normalized spacial score (nSPS) is 26.2. The van der Waals surface area contributed by atoms with Crippen LogP contribution >= 0.6 is 0 Å². The van der Waals surface area contributed by atoms with Gasteiger partial charge in [-0.3, -0.25) is 14.5 Å². The molecule has 7 nitrogen and oxygen atoms in total. The molecule has 1 saturated carbocycles. The molecule has 2 amide bonds. The van der Waals surface area contributed by atoms with E-state index >= 15 is 0 Å². The summed E-state index contributed by atoms with van der Waals surface area (Å²) in [5.41, 5.74) is 4.26. The lowest BCUT2D eigenvalue weighted by molar-refractivity contribution is -0.143. The third-order valence-electron chi connectivity index (χ3n) is 9.98. The lowest BCUT2D eigenvalue weighted by Crippen LogP contribution is -2.47. The highest BCUT2D eigenvalue weighted by Gasteiger charge is 2.58. The van der Waals surface area contributed by atoms with Crippen molar-refractivity contribution >= 4 is 25.0 Å². The molecule has 2 saturated heterocycles. The molecule has 0 aromatic heterocycles. The molecule has 0 radical (unpaired) electrons. The fourth-order valence-electron chi connectivity index (χ4n) is 8.06. The van der Waals surface area contributed by atoms with Crippen LogP contribution in [0.2, 0.25) is 6.32 Å². The average molecular weight is 598 g/mol. The Bertz CT molecular complexity index is 1400. The lowest BCUT2D eigenvalue weighted by atomic mass is 9.58. The van der Waals surface area contributed by atoms with Crippen LogP contribution in [-0.2, 0) is 14.2 Å². The van der Waals surface area contributed by atoms with E-state index in [2.05, 4.69) is 13.0 Å². The molecule has 2 aliphatic heterocycles. The fourth-order valence-corrected chi connectivity index (χ4v) is 8.06. The van der Waals surface area contributed by atoms with Gasteiger partial charge in [-0.2, -0.15) is 0 Å². The molecule has 3 fully saturated rings. The number of fused-ring (bicyclic) bond motifs is 3. The summed E-state index contributed by atoms with van der Waals surface area (Å²) in [7, 11) is -1.000. The van der Waals surface area contributed by atoms with Crippen LogP contribution in [0.1, 0.15) is 76.7 Å². The third kappa shape index (κ3) is 6.52. The van der Waals surface area contributed by atoms with E-state index in [9.17, 15) is 19.7 Å². The number of imide groups is 1. The van der Waals surface area contributed by atoms with Crippen LogP contribution < -0.4 is 4.74 Å². The molecule has 2 aliphatic carbocycles. The third-order valence-corrected chi connectivity index (χ3v) is 9.98. The highest BCUT2D eigenvalue weighted by molar-refractivity contribution is 6.43. The Balaban J connectivity index is 1.31. The molecule has 0 spiro atoms. The number of nitrogens with zero attached hydrogens (tertiary/aromatic N) is 1. The van der Waals surface area contributed by atoms with Crippen molar-refractivity contribution in [3.8, 4) is 11.5 Å². The lowest BCUT2D eigenvalue weighted by Gasteiger charge is -2.43. The SMILES string of the molecule is CCC/C(=C\c1cccc(O)c1)CC[C@H]1OB(O)C[C@H]2C1=C(COc1ccccc1)C[C@H]1C(=O)N(C3CCCCC3)C(=O)[C@H]12. The minimum atomic E-state index is -1.000.